The van der Waals surface area contributed by atoms with Gasteiger partial charge in [-0.15, -0.1) is 0 Å². The Morgan fingerprint density at radius 1 is 1.22 bits per heavy atom. The lowest BCUT2D eigenvalue weighted by atomic mass is 9.74. The average Bonchev–Trinajstić information content (AvgIpc) is 2.66. The second-order valence-corrected chi connectivity index (χ2v) is 7.84. The van der Waals surface area contributed by atoms with Crippen molar-refractivity contribution in [3.63, 3.8) is 0 Å². The SMILES string of the molecule is Cc1ccnc(C2(O)CC3CCCC(C2)N3C(=O)OCc2ccccc2)c1. The summed E-state index contributed by atoms with van der Waals surface area (Å²) < 4.78 is 5.59. The summed E-state index contributed by atoms with van der Waals surface area (Å²) in [5.41, 5.74) is 1.81. The Morgan fingerprint density at radius 2 is 1.93 bits per heavy atom. The van der Waals surface area contributed by atoms with Crippen LogP contribution in [0.5, 0.6) is 0 Å². The number of aryl methyl sites for hydroxylation is 1. The maximum Gasteiger partial charge on any atom is 0.410 e. The Balaban J connectivity index is 1.49. The molecule has 1 aromatic carbocycles. The van der Waals surface area contributed by atoms with E-state index in [0.29, 0.717) is 12.8 Å². The standard InChI is InChI=1S/C22H26N2O3/c1-16-10-11-23-20(12-16)22(26)13-18-8-5-9-19(14-22)24(18)21(25)27-15-17-6-3-2-4-7-17/h2-4,6-7,10-12,18-19,26H,5,8-9,13-15H2,1H3. The van der Waals surface area contributed by atoms with Crippen LogP contribution in [0.4, 0.5) is 4.79 Å². The van der Waals surface area contributed by atoms with Gasteiger partial charge in [-0.2, -0.15) is 0 Å². The molecule has 2 fully saturated rings. The molecule has 1 aromatic heterocycles. The molecule has 27 heavy (non-hydrogen) atoms. The number of ether oxygens (including phenoxy) is 1. The van der Waals surface area contributed by atoms with Crippen molar-refractivity contribution in [2.45, 2.75) is 63.3 Å². The molecule has 5 heteroatoms. The first kappa shape index (κ1) is 18.0. The molecule has 4 rings (SSSR count). The van der Waals surface area contributed by atoms with E-state index in [2.05, 4.69) is 4.98 Å². The van der Waals surface area contributed by atoms with Crippen LogP contribution in [0.1, 0.15) is 48.9 Å². The third kappa shape index (κ3) is 3.69. The summed E-state index contributed by atoms with van der Waals surface area (Å²) in [7, 11) is 0. The molecule has 2 aliphatic rings. The minimum Gasteiger partial charge on any atom is -0.445 e. The smallest absolute Gasteiger partial charge is 0.410 e. The second-order valence-electron chi connectivity index (χ2n) is 7.84. The number of nitrogens with zero attached hydrogens (tertiary/aromatic N) is 2. The third-order valence-electron chi connectivity index (χ3n) is 5.82. The molecule has 2 aliphatic heterocycles. The van der Waals surface area contributed by atoms with E-state index in [1.54, 1.807) is 6.20 Å². The Labute approximate surface area is 160 Å². The predicted molar refractivity (Wildman–Crippen MR) is 102 cm³/mol. The fourth-order valence-electron chi connectivity index (χ4n) is 4.52. The van der Waals surface area contributed by atoms with Crippen LogP contribution in [0, 0.1) is 6.92 Å². The number of fused-ring (bicyclic) bond motifs is 2. The Morgan fingerprint density at radius 3 is 2.59 bits per heavy atom. The van der Waals surface area contributed by atoms with Crippen LogP contribution in [0.2, 0.25) is 0 Å². The molecule has 1 N–H and O–H groups in total. The van der Waals surface area contributed by atoms with Gasteiger partial charge in [0.15, 0.2) is 0 Å². The van der Waals surface area contributed by atoms with Gasteiger partial charge >= 0.3 is 6.09 Å². The first-order chi connectivity index (χ1) is 13.0. The quantitative estimate of drug-likeness (QED) is 0.894. The molecule has 2 saturated heterocycles. The average molecular weight is 366 g/mol. The molecular weight excluding hydrogens is 340 g/mol. The number of aliphatic hydroxyl groups is 1. The molecule has 2 unspecified atom stereocenters. The van der Waals surface area contributed by atoms with E-state index in [1.165, 1.54) is 0 Å². The van der Waals surface area contributed by atoms with Gasteiger partial charge in [0.1, 0.15) is 12.2 Å². The molecule has 5 nitrogen and oxygen atoms in total. The number of benzene rings is 1. The highest BCUT2D eigenvalue weighted by atomic mass is 16.6. The van der Waals surface area contributed by atoms with Crippen molar-refractivity contribution >= 4 is 6.09 Å². The lowest BCUT2D eigenvalue weighted by Gasteiger charge is -2.51. The van der Waals surface area contributed by atoms with Crippen molar-refractivity contribution in [1.29, 1.82) is 0 Å². The fraction of sp³-hybridized carbons (Fsp3) is 0.455. The van der Waals surface area contributed by atoms with Gasteiger partial charge in [0.25, 0.3) is 0 Å². The monoisotopic (exact) mass is 366 g/mol. The zero-order valence-electron chi connectivity index (χ0n) is 15.7. The number of hydrogen-bond acceptors (Lipinski definition) is 4. The first-order valence-electron chi connectivity index (χ1n) is 9.70. The van der Waals surface area contributed by atoms with Gasteiger partial charge in [0, 0.05) is 31.1 Å². The highest BCUT2D eigenvalue weighted by molar-refractivity contribution is 5.69. The molecule has 0 saturated carbocycles. The van der Waals surface area contributed by atoms with Gasteiger partial charge < -0.3 is 14.7 Å². The van der Waals surface area contributed by atoms with Crippen LogP contribution < -0.4 is 0 Å². The number of rotatable bonds is 3. The van der Waals surface area contributed by atoms with Gasteiger partial charge in [0.05, 0.1) is 5.69 Å². The van der Waals surface area contributed by atoms with E-state index < -0.39 is 5.60 Å². The molecule has 0 aliphatic carbocycles. The van der Waals surface area contributed by atoms with Crippen molar-refractivity contribution in [1.82, 2.24) is 9.88 Å². The number of aromatic nitrogens is 1. The van der Waals surface area contributed by atoms with Crippen molar-refractivity contribution in [2.24, 2.45) is 0 Å². The van der Waals surface area contributed by atoms with Gasteiger partial charge in [-0.05, 0) is 49.4 Å². The Hall–Kier alpha value is -2.40. The molecular formula is C22H26N2O3. The van der Waals surface area contributed by atoms with Crippen LogP contribution >= 0.6 is 0 Å². The topological polar surface area (TPSA) is 62.7 Å². The van der Waals surface area contributed by atoms with E-state index in [1.807, 2.05) is 54.3 Å². The molecule has 2 atom stereocenters. The van der Waals surface area contributed by atoms with Crippen LogP contribution in [0.3, 0.4) is 0 Å². The number of pyridine rings is 1. The lowest BCUT2D eigenvalue weighted by Crippen LogP contribution is -2.59. The summed E-state index contributed by atoms with van der Waals surface area (Å²) in [6, 6.07) is 13.6. The van der Waals surface area contributed by atoms with Crippen molar-refractivity contribution in [2.75, 3.05) is 0 Å². The van der Waals surface area contributed by atoms with E-state index >= 15 is 0 Å². The van der Waals surface area contributed by atoms with E-state index in [4.69, 9.17) is 4.74 Å². The largest absolute Gasteiger partial charge is 0.445 e. The van der Waals surface area contributed by atoms with Crippen LogP contribution in [-0.4, -0.2) is 33.2 Å². The minimum absolute atomic E-state index is 0.00640. The van der Waals surface area contributed by atoms with E-state index in [9.17, 15) is 9.90 Å². The molecule has 142 valence electrons. The molecule has 0 radical (unpaired) electrons. The van der Waals surface area contributed by atoms with Gasteiger partial charge in [-0.1, -0.05) is 30.3 Å². The van der Waals surface area contributed by atoms with Crippen molar-refractivity contribution in [3.05, 3.63) is 65.5 Å². The number of carbonyl (C=O) groups is 1. The number of carbonyl (C=O) groups excluding carboxylic acids is 1. The Kier molecular flexibility index (Phi) is 4.87. The van der Waals surface area contributed by atoms with Crippen molar-refractivity contribution < 1.29 is 14.6 Å². The maximum atomic E-state index is 12.8. The fourth-order valence-corrected chi connectivity index (χ4v) is 4.52. The van der Waals surface area contributed by atoms with E-state index in [0.717, 1.165) is 36.1 Å². The van der Waals surface area contributed by atoms with Gasteiger partial charge in [-0.3, -0.25) is 4.98 Å². The lowest BCUT2D eigenvalue weighted by molar-refractivity contribution is -0.0918. The molecule has 3 heterocycles. The summed E-state index contributed by atoms with van der Waals surface area (Å²) in [5.74, 6) is 0. The zero-order valence-corrected chi connectivity index (χ0v) is 15.7. The summed E-state index contributed by atoms with van der Waals surface area (Å²) >= 11 is 0. The number of hydrogen-bond donors (Lipinski definition) is 1. The third-order valence-corrected chi connectivity index (χ3v) is 5.82. The predicted octanol–water partition coefficient (Wildman–Crippen LogP) is 3.93. The van der Waals surface area contributed by atoms with Crippen LogP contribution in [0.15, 0.2) is 48.7 Å². The summed E-state index contributed by atoms with van der Waals surface area (Å²) in [6.07, 6.45) is 5.37. The minimum atomic E-state index is -0.974. The molecule has 2 aromatic rings. The van der Waals surface area contributed by atoms with E-state index in [-0.39, 0.29) is 24.8 Å². The van der Waals surface area contributed by atoms with Crippen LogP contribution in [0.25, 0.3) is 0 Å². The van der Waals surface area contributed by atoms with Gasteiger partial charge in [0.2, 0.25) is 0 Å². The highest BCUT2D eigenvalue weighted by Crippen LogP contribution is 2.44. The van der Waals surface area contributed by atoms with Gasteiger partial charge in [-0.25, -0.2) is 4.79 Å². The second kappa shape index (κ2) is 7.31. The number of amides is 1. The normalized spacial score (nSPS) is 27.3. The maximum absolute atomic E-state index is 12.8. The molecule has 1 amide bonds. The Bertz CT molecular complexity index is 794. The van der Waals surface area contributed by atoms with Crippen molar-refractivity contribution in [3.8, 4) is 0 Å². The first-order valence-corrected chi connectivity index (χ1v) is 9.70. The highest BCUT2D eigenvalue weighted by Gasteiger charge is 2.49. The van der Waals surface area contributed by atoms with Crippen LogP contribution in [-0.2, 0) is 16.9 Å². The zero-order chi connectivity index (χ0) is 18.9. The summed E-state index contributed by atoms with van der Waals surface area (Å²) in [4.78, 5) is 19.1. The molecule has 0 spiro atoms. The molecule has 2 bridgehead atoms. The number of piperidine rings is 2. The summed E-state index contributed by atoms with van der Waals surface area (Å²) in [5, 5.41) is 11.3. The summed E-state index contributed by atoms with van der Waals surface area (Å²) in [6.45, 7) is 2.28.